The fourth-order valence-electron chi connectivity index (χ4n) is 4.20. The summed E-state index contributed by atoms with van der Waals surface area (Å²) in [6.45, 7) is 0.835. The Morgan fingerprint density at radius 3 is 2.71 bits per heavy atom. The molecule has 0 radical (unpaired) electrons. The summed E-state index contributed by atoms with van der Waals surface area (Å²) >= 11 is 0. The third-order valence-electron chi connectivity index (χ3n) is 5.85. The van der Waals surface area contributed by atoms with Crippen LogP contribution < -0.4 is 5.32 Å². The Labute approximate surface area is 164 Å². The van der Waals surface area contributed by atoms with E-state index < -0.39 is 5.91 Å². The summed E-state index contributed by atoms with van der Waals surface area (Å²) in [6.07, 6.45) is 6.83. The van der Waals surface area contributed by atoms with E-state index in [9.17, 15) is 14.8 Å². The van der Waals surface area contributed by atoms with Crippen molar-refractivity contribution in [2.24, 2.45) is 5.41 Å². The van der Waals surface area contributed by atoms with Crippen molar-refractivity contribution in [3.63, 3.8) is 0 Å². The van der Waals surface area contributed by atoms with Crippen LogP contribution in [0.4, 0.5) is 0 Å². The Hall–Kier alpha value is -2.92. The Morgan fingerprint density at radius 2 is 1.96 bits per heavy atom. The first-order valence-corrected chi connectivity index (χ1v) is 9.70. The zero-order chi connectivity index (χ0) is 19.6. The molecule has 1 aliphatic heterocycles. The first kappa shape index (κ1) is 18.4. The minimum atomic E-state index is -0.434. The van der Waals surface area contributed by atoms with Crippen molar-refractivity contribution < 1.29 is 14.8 Å². The molecule has 2 N–H and O–H groups in total. The number of nitrogens with zero attached hydrogens (tertiary/aromatic N) is 1. The van der Waals surface area contributed by atoms with E-state index in [2.05, 4.69) is 5.32 Å². The van der Waals surface area contributed by atoms with Crippen LogP contribution in [-0.2, 0) is 17.6 Å². The van der Waals surface area contributed by atoms with Crippen LogP contribution in [0.1, 0.15) is 39.9 Å². The maximum atomic E-state index is 12.6. The minimum Gasteiger partial charge on any atom is -0.356 e. The van der Waals surface area contributed by atoms with E-state index in [1.54, 1.807) is 12.1 Å². The number of hydrogen-bond donors (Lipinski definition) is 2. The van der Waals surface area contributed by atoms with Gasteiger partial charge in [-0.25, -0.2) is 5.06 Å². The molecular weight excluding hydrogens is 352 g/mol. The van der Waals surface area contributed by atoms with Gasteiger partial charge in [-0.15, -0.1) is 0 Å². The monoisotopic (exact) mass is 376 g/mol. The summed E-state index contributed by atoms with van der Waals surface area (Å²) in [5, 5.41) is 13.8. The Balaban J connectivity index is 1.46. The van der Waals surface area contributed by atoms with Crippen molar-refractivity contribution in [1.82, 2.24) is 10.4 Å². The quantitative estimate of drug-likeness (QED) is 0.636. The van der Waals surface area contributed by atoms with Gasteiger partial charge in [-0.1, -0.05) is 48.6 Å². The van der Waals surface area contributed by atoms with E-state index >= 15 is 0 Å². The van der Waals surface area contributed by atoms with Crippen LogP contribution in [-0.4, -0.2) is 35.2 Å². The highest BCUT2D eigenvalue weighted by molar-refractivity contribution is 5.94. The molecule has 0 bridgehead atoms. The topological polar surface area (TPSA) is 69.6 Å². The van der Waals surface area contributed by atoms with Gasteiger partial charge in [0.05, 0.1) is 12.0 Å². The predicted octanol–water partition coefficient (Wildman–Crippen LogP) is 3.23. The normalized spacial score (nSPS) is 21.0. The molecule has 1 saturated heterocycles. The van der Waals surface area contributed by atoms with E-state index in [0.29, 0.717) is 12.0 Å². The fourth-order valence-corrected chi connectivity index (χ4v) is 4.20. The summed E-state index contributed by atoms with van der Waals surface area (Å²) in [6, 6.07) is 15.3. The Kier molecular flexibility index (Phi) is 5.01. The summed E-state index contributed by atoms with van der Waals surface area (Å²) in [4.78, 5) is 24.9. The number of aryl methyl sites for hydroxylation is 1. The number of amides is 2. The van der Waals surface area contributed by atoms with Gasteiger partial charge in [0.25, 0.3) is 5.91 Å². The van der Waals surface area contributed by atoms with Crippen LogP contribution in [0.25, 0.3) is 6.08 Å². The van der Waals surface area contributed by atoms with Crippen molar-refractivity contribution in [1.29, 1.82) is 0 Å². The van der Waals surface area contributed by atoms with Gasteiger partial charge in [0.15, 0.2) is 0 Å². The van der Waals surface area contributed by atoms with Crippen LogP contribution in [0.2, 0.25) is 0 Å². The number of nitrogens with one attached hydrogen (secondary N) is 1. The second-order valence-electron chi connectivity index (χ2n) is 7.65. The zero-order valence-corrected chi connectivity index (χ0v) is 15.7. The second-order valence-corrected chi connectivity index (χ2v) is 7.65. The van der Waals surface area contributed by atoms with Gasteiger partial charge < -0.3 is 5.32 Å². The van der Waals surface area contributed by atoms with Crippen LogP contribution in [0.15, 0.2) is 54.6 Å². The maximum Gasteiger partial charge on any atom is 0.277 e. The van der Waals surface area contributed by atoms with Crippen molar-refractivity contribution in [2.75, 3.05) is 13.1 Å². The van der Waals surface area contributed by atoms with Crippen molar-refractivity contribution in [2.45, 2.75) is 25.7 Å². The molecule has 5 nitrogen and oxygen atoms in total. The maximum absolute atomic E-state index is 12.6. The summed E-state index contributed by atoms with van der Waals surface area (Å²) in [7, 11) is 0. The molecule has 1 spiro atoms. The summed E-state index contributed by atoms with van der Waals surface area (Å²) in [5.74, 6) is -0.305. The average molecular weight is 376 g/mol. The molecule has 2 aromatic rings. The molecule has 1 fully saturated rings. The van der Waals surface area contributed by atoms with E-state index in [4.69, 9.17) is 0 Å². The molecule has 0 aromatic heterocycles. The van der Waals surface area contributed by atoms with Crippen LogP contribution in [0, 0.1) is 5.41 Å². The lowest BCUT2D eigenvalue weighted by atomic mass is 9.70. The molecule has 5 heteroatoms. The Morgan fingerprint density at radius 1 is 1.14 bits per heavy atom. The largest absolute Gasteiger partial charge is 0.356 e. The summed E-state index contributed by atoms with van der Waals surface area (Å²) in [5.41, 5.74) is 3.37. The zero-order valence-electron chi connectivity index (χ0n) is 15.7. The molecule has 144 valence electrons. The van der Waals surface area contributed by atoms with Crippen molar-refractivity contribution >= 4 is 17.9 Å². The van der Waals surface area contributed by atoms with Crippen molar-refractivity contribution in [3.8, 4) is 0 Å². The first-order valence-electron chi connectivity index (χ1n) is 9.70. The lowest BCUT2D eigenvalue weighted by Gasteiger charge is -2.32. The molecule has 2 aliphatic rings. The number of hydroxylamine groups is 2. The number of benzene rings is 2. The standard InChI is InChI=1S/C23H24N2O3/c26-21(25(28)14-4-7-17-5-2-1-3-6-17)19-9-8-18-10-11-23(16-20(18)15-19)12-13-24-22(23)27/h1-9,15,28H,10-14,16H2,(H,24,27)/t23-/m1/s1. The van der Waals surface area contributed by atoms with Crippen LogP contribution in [0.5, 0.6) is 0 Å². The fraction of sp³-hybridized carbons (Fsp3) is 0.304. The lowest BCUT2D eigenvalue weighted by molar-refractivity contribution is -0.128. The number of rotatable bonds is 4. The molecule has 4 rings (SSSR count). The molecule has 0 saturated carbocycles. The highest BCUT2D eigenvalue weighted by Crippen LogP contribution is 2.41. The molecule has 1 atom stereocenters. The number of fused-ring (bicyclic) bond motifs is 1. The van der Waals surface area contributed by atoms with Gasteiger partial charge in [-0.2, -0.15) is 0 Å². The van der Waals surface area contributed by atoms with E-state index in [-0.39, 0.29) is 17.9 Å². The van der Waals surface area contributed by atoms with Gasteiger partial charge in [0.1, 0.15) is 0 Å². The molecule has 28 heavy (non-hydrogen) atoms. The third-order valence-corrected chi connectivity index (χ3v) is 5.85. The van der Waals surface area contributed by atoms with E-state index in [0.717, 1.165) is 42.0 Å². The van der Waals surface area contributed by atoms with Crippen LogP contribution in [0.3, 0.4) is 0 Å². The number of hydrogen-bond acceptors (Lipinski definition) is 3. The molecule has 1 heterocycles. The Bertz CT molecular complexity index is 923. The lowest BCUT2D eigenvalue weighted by Crippen LogP contribution is -2.36. The second kappa shape index (κ2) is 7.60. The van der Waals surface area contributed by atoms with Gasteiger partial charge in [-0.3, -0.25) is 14.8 Å². The summed E-state index contributed by atoms with van der Waals surface area (Å²) < 4.78 is 0. The van der Waals surface area contributed by atoms with Gasteiger partial charge in [0.2, 0.25) is 5.91 Å². The SMILES string of the molecule is O=C(c1ccc2c(c1)C[C@]1(CCNC1=O)CC2)N(O)CC=Cc1ccccc1. The average Bonchev–Trinajstić information content (AvgIpc) is 3.07. The molecule has 1 aliphatic carbocycles. The molecule has 0 unspecified atom stereocenters. The first-order chi connectivity index (χ1) is 13.6. The van der Waals surface area contributed by atoms with E-state index in [1.807, 2.05) is 48.5 Å². The molecular formula is C23H24N2O3. The smallest absolute Gasteiger partial charge is 0.277 e. The number of carbonyl (C=O) groups is 2. The number of carbonyl (C=O) groups excluding carboxylic acids is 2. The molecule has 2 amide bonds. The van der Waals surface area contributed by atoms with Crippen molar-refractivity contribution in [3.05, 3.63) is 76.9 Å². The minimum absolute atomic E-state index is 0.108. The van der Waals surface area contributed by atoms with Crippen LogP contribution >= 0.6 is 0 Å². The van der Waals surface area contributed by atoms with Gasteiger partial charge >= 0.3 is 0 Å². The third kappa shape index (κ3) is 3.58. The molecule has 2 aromatic carbocycles. The van der Waals surface area contributed by atoms with E-state index in [1.165, 1.54) is 5.56 Å². The predicted molar refractivity (Wildman–Crippen MR) is 107 cm³/mol. The highest BCUT2D eigenvalue weighted by atomic mass is 16.5. The van der Waals surface area contributed by atoms with Gasteiger partial charge in [0, 0.05) is 12.1 Å². The highest BCUT2D eigenvalue weighted by Gasteiger charge is 2.44. The van der Waals surface area contributed by atoms with Gasteiger partial charge in [-0.05, 0) is 54.5 Å².